The number of likely N-dealkylation sites (N-methyl/N-ethyl adjacent to an activating group) is 1. The number of fused-ring (bicyclic) bond motifs is 1. The molecule has 0 bridgehead atoms. The molecule has 1 heterocycles. The Hall–Kier alpha value is -2.26. The van der Waals surface area contributed by atoms with Gasteiger partial charge in [-0.05, 0) is 62.5 Å². The average molecular weight is 364 g/mol. The van der Waals surface area contributed by atoms with Gasteiger partial charge in [0.2, 0.25) is 0 Å². The maximum Gasteiger partial charge on any atom is 0.161 e. The summed E-state index contributed by atoms with van der Waals surface area (Å²) >= 11 is 0. The summed E-state index contributed by atoms with van der Waals surface area (Å²) < 4.78 is 11.8. The van der Waals surface area contributed by atoms with Crippen molar-refractivity contribution in [1.29, 1.82) is 0 Å². The minimum Gasteiger partial charge on any atom is -0.493 e. The SMILES string of the molecule is C=C1CC[C@@]2(c3ccc(OC)c(OCc4ccccc4)c3)CCN(C)[C@H]2C1. The van der Waals surface area contributed by atoms with Crippen molar-refractivity contribution >= 4 is 0 Å². The Morgan fingerprint density at radius 3 is 2.70 bits per heavy atom. The van der Waals surface area contributed by atoms with Gasteiger partial charge in [0, 0.05) is 11.5 Å². The lowest BCUT2D eigenvalue weighted by molar-refractivity contribution is 0.208. The predicted octanol–water partition coefficient (Wildman–Crippen LogP) is 4.96. The molecule has 1 saturated heterocycles. The third kappa shape index (κ3) is 3.37. The van der Waals surface area contributed by atoms with E-state index >= 15 is 0 Å². The molecule has 1 aliphatic heterocycles. The highest BCUT2D eigenvalue weighted by Gasteiger charge is 2.49. The molecule has 2 atom stereocenters. The number of hydrogen-bond acceptors (Lipinski definition) is 3. The summed E-state index contributed by atoms with van der Waals surface area (Å²) in [7, 11) is 3.96. The van der Waals surface area contributed by atoms with Crippen LogP contribution in [0.4, 0.5) is 0 Å². The Morgan fingerprint density at radius 2 is 1.93 bits per heavy atom. The summed E-state index contributed by atoms with van der Waals surface area (Å²) in [5, 5.41) is 0. The Kier molecular flexibility index (Phi) is 4.96. The molecule has 0 aromatic heterocycles. The van der Waals surface area contributed by atoms with E-state index in [9.17, 15) is 0 Å². The number of benzene rings is 2. The maximum absolute atomic E-state index is 6.18. The van der Waals surface area contributed by atoms with E-state index in [1.54, 1.807) is 7.11 Å². The van der Waals surface area contributed by atoms with E-state index in [4.69, 9.17) is 9.47 Å². The smallest absolute Gasteiger partial charge is 0.161 e. The lowest BCUT2D eigenvalue weighted by Crippen LogP contribution is -2.44. The molecule has 0 amide bonds. The van der Waals surface area contributed by atoms with Crippen molar-refractivity contribution < 1.29 is 9.47 Å². The quantitative estimate of drug-likeness (QED) is 0.701. The third-order valence-corrected chi connectivity index (χ3v) is 6.46. The molecule has 27 heavy (non-hydrogen) atoms. The van der Waals surface area contributed by atoms with Crippen molar-refractivity contribution in [3.63, 3.8) is 0 Å². The zero-order valence-electron chi connectivity index (χ0n) is 16.4. The molecule has 0 spiro atoms. The van der Waals surface area contributed by atoms with Crippen LogP contribution in [0, 0.1) is 0 Å². The second-order valence-electron chi connectivity index (χ2n) is 8.00. The van der Waals surface area contributed by atoms with Gasteiger partial charge in [0.1, 0.15) is 6.61 Å². The van der Waals surface area contributed by atoms with E-state index < -0.39 is 0 Å². The molecule has 2 aliphatic rings. The molecule has 0 unspecified atom stereocenters. The maximum atomic E-state index is 6.18. The normalized spacial score (nSPS) is 25.3. The fraction of sp³-hybridized carbons (Fsp3) is 0.417. The first-order chi connectivity index (χ1) is 13.1. The van der Waals surface area contributed by atoms with Crippen molar-refractivity contribution in [1.82, 2.24) is 4.90 Å². The Morgan fingerprint density at radius 1 is 1.11 bits per heavy atom. The highest BCUT2D eigenvalue weighted by Crippen LogP contribution is 2.50. The van der Waals surface area contributed by atoms with Crippen molar-refractivity contribution in [3.8, 4) is 11.5 Å². The van der Waals surface area contributed by atoms with Gasteiger partial charge in [-0.2, -0.15) is 0 Å². The fourth-order valence-corrected chi connectivity index (χ4v) is 4.85. The molecular formula is C24H29NO2. The summed E-state index contributed by atoms with van der Waals surface area (Å²) in [4.78, 5) is 2.51. The number of nitrogens with zero attached hydrogens (tertiary/aromatic N) is 1. The van der Waals surface area contributed by atoms with E-state index in [0.717, 1.165) is 36.4 Å². The van der Waals surface area contributed by atoms with Crippen molar-refractivity contribution in [2.75, 3.05) is 20.7 Å². The molecule has 3 nitrogen and oxygen atoms in total. The molecular weight excluding hydrogens is 334 g/mol. The Balaban J connectivity index is 1.64. The van der Waals surface area contributed by atoms with Gasteiger partial charge in [0.05, 0.1) is 7.11 Å². The molecule has 1 saturated carbocycles. The van der Waals surface area contributed by atoms with Crippen LogP contribution in [0.5, 0.6) is 11.5 Å². The number of methoxy groups -OCH3 is 1. The Bertz CT molecular complexity index is 816. The molecule has 3 heteroatoms. The first-order valence-electron chi connectivity index (χ1n) is 9.84. The number of rotatable bonds is 5. The van der Waals surface area contributed by atoms with E-state index in [0.29, 0.717) is 12.6 Å². The third-order valence-electron chi connectivity index (χ3n) is 6.46. The van der Waals surface area contributed by atoms with Crippen LogP contribution in [0.2, 0.25) is 0 Å². The molecule has 0 radical (unpaired) electrons. The minimum atomic E-state index is 0.201. The summed E-state index contributed by atoms with van der Waals surface area (Å²) in [5.74, 6) is 1.64. The van der Waals surface area contributed by atoms with Crippen LogP contribution in [0.15, 0.2) is 60.7 Å². The summed E-state index contributed by atoms with van der Waals surface area (Å²) in [6.45, 7) is 5.96. The Labute approximate surface area is 162 Å². The standard InChI is InChI=1S/C24H29NO2/c1-18-11-12-24(13-14-25(2)23(24)15-18)20-9-10-21(26-3)22(16-20)27-17-19-7-5-4-6-8-19/h4-10,16,23H,1,11-15,17H2,2-3H3/t23-,24-/m0/s1. The van der Waals surface area contributed by atoms with Crippen molar-refractivity contribution in [3.05, 3.63) is 71.8 Å². The van der Waals surface area contributed by atoms with Gasteiger partial charge < -0.3 is 14.4 Å². The van der Waals surface area contributed by atoms with E-state index in [1.807, 2.05) is 18.2 Å². The summed E-state index contributed by atoms with van der Waals surface area (Å²) in [5.41, 5.74) is 4.13. The van der Waals surface area contributed by atoms with Gasteiger partial charge in [0.15, 0.2) is 11.5 Å². The first kappa shape index (κ1) is 18.1. The monoisotopic (exact) mass is 363 g/mol. The lowest BCUT2D eigenvalue weighted by atomic mass is 9.65. The van der Waals surface area contributed by atoms with Gasteiger partial charge in [-0.3, -0.25) is 0 Å². The molecule has 0 N–H and O–H groups in total. The fourth-order valence-electron chi connectivity index (χ4n) is 4.85. The number of ether oxygens (including phenoxy) is 2. The van der Waals surface area contributed by atoms with Crippen LogP contribution < -0.4 is 9.47 Å². The van der Waals surface area contributed by atoms with Crippen LogP contribution in [0.25, 0.3) is 0 Å². The number of likely N-dealkylation sites (tertiary alicyclic amines) is 1. The van der Waals surface area contributed by atoms with Gasteiger partial charge in [0.25, 0.3) is 0 Å². The van der Waals surface area contributed by atoms with Crippen LogP contribution in [0.3, 0.4) is 0 Å². The van der Waals surface area contributed by atoms with E-state index in [-0.39, 0.29) is 5.41 Å². The molecule has 2 aromatic rings. The van der Waals surface area contributed by atoms with Crippen LogP contribution in [-0.2, 0) is 12.0 Å². The summed E-state index contributed by atoms with van der Waals surface area (Å²) in [6.07, 6.45) is 4.59. The molecule has 2 fully saturated rings. The van der Waals surface area contributed by atoms with Gasteiger partial charge in [-0.1, -0.05) is 48.6 Å². The van der Waals surface area contributed by atoms with Gasteiger partial charge in [-0.25, -0.2) is 0 Å². The van der Waals surface area contributed by atoms with Crippen LogP contribution in [0.1, 0.15) is 36.8 Å². The first-order valence-corrected chi connectivity index (χ1v) is 9.84. The minimum absolute atomic E-state index is 0.201. The van der Waals surface area contributed by atoms with Crippen LogP contribution >= 0.6 is 0 Å². The highest BCUT2D eigenvalue weighted by atomic mass is 16.5. The molecule has 4 rings (SSSR count). The van der Waals surface area contributed by atoms with Crippen molar-refractivity contribution in [2.24, 2.45) is 0 Å². The zero-order valence-corrected chi connectivity index (χ0v) is 16.4. The zero-order chi connectivity index (χ0) is 18.9. The van der Waals surface area contributed by atoms with Crippen LogP contribution in [-0.4, -0.2) is 31.6 Å². The second-order valence-corrected chi connectivity index (χ2v) is 8.00. The lowest BCUT2D eigenvalue weighted by Gasteiger charge is -2.42. The van der Waals surface area contributed by atoms with Gasteiger partial charge >= 0.3 is 0 Å². The topological polar surface area (TPSA) is 21.7 Å². The molecule has 142 valence electrons. The summed E-state index contributed by atoms with van der Waals surface area (Å²) in [6, 6.07) is 17.4. The second kappa shape index (κ2) is 7.40. The van der Waals surface area contributed by atoms with Crippen molar-refractivity contribution in [2.45, 2.75) is 43.7 Å². The van der Waals surface area contributed by atoms with Gasteiger partial charge in [-0.15, -0.1) is 0 Å². The molecule has 2 aromatic carbocycles. The largest absolute Gasteiger partial charge is 0.493 e. The average Bonchev–Trinajstić information content (AvgIpc) is 3.04. The highest BCUT2D eigenvalue weighted by molar-refractivity contribution is 5.47. The molecule has 1 aliphatic carbocycles. The predicted molar refractivity (Wildman–Crippen MR) is 109 cm³/mol. The van der Waals surface area contributed by atoms with E-state index in [1.165, 1.54) is 24.0 Å². The number of hydrogen-bond donors (Lipinski definition) is 0. The van der Waals surface area contributed by atoms with E-state index in [2.05, 4.69) is 48.9 Å².